The molecule has 0 aliphatic carbocycles. The molecule has 0 saturated heterocycles. The van der Waals surface area contributed by atoms with Crippen molar-refractivity contribution in [2.75, 3.05) is 5.32 Å². The quantitative estimate of drug-likeness (QED) is 0.628. The van der Waals surface area contributed by atoms with E-state index in [9.17, 15) is 0 Å². The topological polar surface area (TPSA) is 68.0 Å². The second-order valence-electron chi connectivity index (χ2n) is 5.13. The average Bonchev–Trinajstić information content (AvgIpc) is 3.02. The van der Waals surface area contributed by atoms with Crippen LogP contribution >= 0.6 is 0 Å². The first-order chi connectivity index (χ1) is 10.8. The summed E-state index contributed by atoms with van der Waals surface area (Å²) in [6.45, 7) is 2.67. The molecule has 1 N–H and O–H groups in total. The molecule has 4 rings (SSSR count). The third-order valence-corrected chi connectivity index (χ3v) is 3.60. The maximum absolute atomic E-state index is 4.36. The highest BCUT2D eigenvalue weighted by atomic mass is 15.3. The van der Waals surface area contributed by atoms with Crippen molar-refractivity contribution in [3.63, 3.8) is 0 Å². The Labute approximate surface area is 126 Å². The van der Waals surface area contributed by atoms with Gasteiger partial charge in [0.15, 0.2) is 5.65 Å². The van der Waals surface area contributed by atoms with Crippen LogP contribution in [0.5, 0.6) is 0 Å². The molecule has 1 aromatic carbocycles. The zero-order valence-corrected chi connectivity index (χ0v) is 12.1. The van der Waals surface area contributed by atoms with Crippen molar-refractivity contribution in [2.24, 2.45) is 0 Å². The molecule has 0 aliphatic heterocycles. The fourth-order valence-electron chi connectivity index (χ4n) is 2.51. The minimum Gasteiger partial charge on any atom is -0.364 e. The monoisotopic (exact) mass is 290 g/mol. The number of hydrogen-bond acceptors (Lipinski definition) is 5. The number of hydrogen-bond donors (Lipinski definition) is 1. The van der Waals surface area contributed by atoms with Crippen molar-refractivity contribution in [2.45, 2.75) is 13.5 Å². The van der Waals surface area contributed by atoms with Gasteiger partial charge >= 0.3 is 0 Å². The minimum atomic E-state index is 0.612. The zero-order chi connectivity index (χ0) is 14.9. The number of nitrogens with one attached hydrogen (secondary N) is 1. The van der Waals surface area contributed by atoms with E-state index in [0.717, 1.165) is 28.1 Å². The molecule has 0 radical (unpaired) electrons. The van der Waals surface area contributed by atoms with Crippen LogP contribution in [0.1, 0.15) is 11.3 Å². The van der Waals surface area contributed by atoms with E-state index < -0.39 is 0 Å². The Hall–Kier alpha value is -3.02. The van der Waals surface area contributed by atoms with E-state index in [1.54, 1.807) is 18.7 Å². The summed E-state index contributed by atoms with van der Waals surface area (Å²) < 4.78 is 1.82. The first-order valence-electron chi connectivity index (χ1n) is 7.04. The summed E-state index contributed by atoms with van der Waals surface area (Å²) >= 11 is 0. The molecular weight excluding hydrogens is 276 g/mol. The summed E-state index contributed by atoms with van der Waals surface area (Å²) in [6, 6.07) is 9.98. The lowest BCUT2D eigenvalue weighted by Gasteiger charge is -2.09. The zero-order valence-electron chi connectivity index (χ0n) is 12.1. The molecule has 0 saturated carbocycles. The molecular formula is C16H14N6. The third kappa shape index (κ3) is 2.14. The lowest BCUT2D eigenvalue weighted by Crippen LogP contribution is -2.08. The van der Waals surface area contributed by atoms with Crippen molar-refractivity contribution in [1.82, 2.24) is 24.6 Å². The van der Waals surface area contributed by atoms with Crippen LogP contribution in [-0.2, 0) is 6.54 Å². The molecule has 0 spiro atoms. The summed E-state index contributed by atoms with van der Waals surface area (Å²) in [5.41, 5.74) is 3.97. The lowest BCUT2D eigenvalue weighted by atomic mass is 10.1. The van der Waals surface area contributed by atoms with Crippen LogP contribution in [0.2, 0.25) is 0 Å². The van der Waals surface area contributed by atoms with E-state index in [1.807, 2.05) is 22.7 Å². The predicted octanol–water partition coefficient (Wildman–Crippen LogP) is 2.59. The van der Waals surface area contributed by atoms with Crippen molar-refractivity contribution >= 4 is 22.4 Å². The minimum absolute atomic E-state index is 0.612. The van der Waals surface area contributed by atoms with E-state index >= 15 is 0 Å². The summed E-state index contributed by atoms with van der Waals surface area (Å²) in [4.78, 5) is 12.9. The molecule has 6 nitrogen and oxygen atoms in total. The van der Waals surface area contributed by atoms with Gasteiger partial charge in [-0.2, -0.15) is 5.10 Å². The molecule has 0 unspecified atom stereocenters. The van der Waals surface area contributed by atoms with Crippen LogP contribution < -0.4 is 5.32 Å². The van der Waals surface area contributed by atoms with Gasteiger partial charge in [0, 0.05) is 17.6 Å². The van der Waals surface area contributed by atoms with Crippen LogP contribution in [0, 0.1) is 6.92 Å². The van der Waals surface area contributed by atoms with Gasteiger partial charge in [0.25, 0.3) is 0 Å². The van der Waals surface area contributed by atoms with Gasteiger partial charge in [-0.05, 0) is 25.1 Å². The number of benzene rings is 1. The highest BCUT2D eigenvalue weighted by Gasteiger charge is 2.06. The Bertz CT molecular complexity index is 959. The Morgan fingerprint density at radius 2 is 2.00 bits per heavy atom. The molecule has 108 valence electrons. The van der Waals surface area contributed by atoms with Crippen LogP contribution in [0.25, 0.3) is 16.6 Å². The number of aryl methyl sites for hydroxylation is 1. The van der Waals surface area contributed by atoms with Crippen LogP contribution in [0.15, 0.2) is 49.1 Å². The predicted molar refractivity (Wildman–Crippen MR) is 84.6 cm³/mol. The van der Waals surface area contributed by atoms with E-state index in [1.165, 1.54) is 5.56 Å². The van der Waals surface area contributed by atoms with Crippen LogP contribution in [0.4, 0.5) is 5.82 Å². The van der Waals surface area contributed by atoms with Gasteiger partial charge < -0.3 is 5.32 Å². The van der Waals surface area contributed by atoms with Gasteiger partial charge in [-0.15, -0.1) is 0 Å². The van der Waals surface area contributed by atoms with Gasteiger partial charge in [0.2, 0.25) is 0 Å². The van der Waals surface area contributed by atoms with Crippen molar-refractivity contribution in [3.05, 3.63) is 60.3 Å². The second-order valence-corrected chi connectivity index (χ2v) is 5.13. The molecule has 4 aromatic rings. The summed E-state index contributed by atoms with van der Waals surface area (Å²) in [5, 5.41) is 8.68. The van der Waals surface area contributed by atoms with Gasteiger partial charge in [0.1, 0.15) is 12.1 Å². The largest absolute Gasteiger partial charge is 0.364 e. The Morgan fingerprint density at radius 3 is 2.95 bits per heavy atom. The first-order valence-corrected chi connectivity index (χ1v) is 7.04. The summed E-state index contributed by atoms with van der Waals surface area (Å²) in [5.74, 6) is 0.825. The van der Waals surface area contributed by atoms with E-state index in [-0.39, 0.29) is 0 Å². The first kappa shape index (κ1) is 12.7. The molecule has 0 amide bonds. The molecule has 0 bridgehead atoms. The van der Waals surface area contributed by atoms with Gasteiger partial charge in [0.05, 0.1) is 24.0 Å². The normalized spacial score (nSPS) is 11.1. The van der Waals surface area contributed by atoms with Gasteiger partial charge in [-0.1, -0.05) is 11.6 Å². The molecule has 0 aliphatic rings. The number of aromatic nitrogens is 5. The Morgan fingerprint density at radius 1 is 1.05 bits per heavy atom. The molecule has 6 heteroatoms. The smallest absolute Gasteiger partial charge is 0.155 e. The Kier molecular flexibility index (Phi) is 2.93. The van der Waals surface area contributed by atoms with E-state index in [2.05, 4.69) is 44.4 Å². The average molecular weight is 290 g/mol. The second kappa shape index (κ2) is 5.07. The third-order valence-electron chi connectivity index (χ3n) is 3.60. The number of fused-ring (bicyclic) bond motifs is 2. The summed E-state index contributed by atoms with van der Waals surface area (Å²) in [7, 11) is 0. The highest BCUT2D eigenvalue weighted by Crippen LogP contribution is 2.20. The van der Waals surface area contributed by atoms with Gasteiger partial charge in [-0.3, -0.25) is 0 Å². The van der Waals surface area contributed by atoms with Gasteiger partial charge in [-0.25, -0.2) is 19.5 Å². The number of rotatable bonds is 3. The Balaban J connectivity index is 1.69. The molecule has 3 heterocycles. The van der Waals surface area contributed by atoms with Crippen LogP contribution in [-0.4, -0.2) is 24.6 Å². The number of nitrogens with zero attached hydrogens (tertiary/aromatic N) is 5. The molecule has 0 fully saturated rings. The van der Waals surface area contributed by atoms with Crippen molar-refractivity contribution < 1.29 is 0 Å². The molecule has 22 heavy (non-hydrogen) atoms. The molecule has 3 aromatic heterocycles. The van der Waals surface area contributed by atoms with Crippen molar-refractivity contribution in [3.8, 4) is 0 Å². The summed E-state index contributed by atoms with van der Waals surface area (Å²) in [6.07, 6.45) is 5.11. The maximum Gasteiger partial charge on any atom is 0.155 e. The van der Waals surface area contributed by atoms with Crippen molar-refractivity contribution in [1.29, 1.82) is 0 Å². The fourth-order valence-corrected chi connectivity index (χ4v) is 2.51. The van der Waals surface area contributed by atoms with Crippen LogP contribution in [0.3, 0.4) is 0 Å². The standard InChI is InChI=1S/C16H14N6/c1-11-2-3-14-13(8-11)16(20-10-19-14)18-9-12-4-6-17-15-5-7-21-22(12)15/h2-8,10H,9H2,1H3,(H,18,19,20). The number of anilines is 1. The SMILES string of the molecule is Cc1ccc2ncnc(NCc3ccnc4ccnn34)c2c1. The highest BCUT2D eigenvalue weighted by molar-refractivity contribution is 5.89. The fraction of sp³-hybridized carbons (Fsp3) is 0.125. The van der Waals surface area contributed by atoms with E-state index in [0.29, 0.717) is 6.54 Å². The lowest BCUT2D eigenvalue weighted by molar-refractivity contribution is 0.852. The maximum atomic E-state index is 4.36. The molecule has 0 atom stereocenters. The van der Waals surface area contributed by atoms with E-state index in [4.69, 9.17) is 0 Å².